The maximum Gasteiger partial charge on any atom is 0.251 e. The Hall–Kier alpha value is -3.52. The van der Waals surface area contributed by atoms with Gasteiger partial charge in [0.1, 0.15) is 23.4 Å². The van der Waals surface area contributed by atoms with Crippen molar-refractivity contribution < 1.29 is 14.3 Å². The zero-order valence-electron chi connectivity index (χ0n) is 19.2. The molecule has 0 unspecified atom stereocenters. The number of hydrogen-bond donors (Lipinski definition) is 1. The van der Waals surface area contributed by atoms with E-state index in [0.29, 0.717) is 24.7 Å². The number of pyridine rings is 1. The molecule has 3 aromatic rings. The Morgan fingerprint density at radius 1 is 1.06 bits per heavy atom. The van der Waals surface area contributed by atoms with E-state index >= 15 is 0 Å². The number of anilines is 2. The van der Waals surface area contributed by atoms with Crippen molar-refractivity contribution in [1.82, 2.24) is 19.9 Å². The quantitative estimate of drug-likeness (QED) is 0.572. The van der Waals surface area contributed by atoms with Crippen LogP contribution in [0.25, 0.3) is 0 Å². The summed E-state index contributed by atoms with van der Waals surface area (Å²) in [5.41, 5.74) is 2.86. The first-order valence-electron chi connectivity index (χ1n) is 11.1. The average Bonchev–Trinajstić information content (AvgIpc) is 2.86. The van der Waals surface area contributed by atoms with Crippen LogP contribution in [0.1, 0.15) is 36.9 Å². The van der Waals surface area contributed by atoms with E-state index in [1.54, 1.807) is 26.4 Å². The van der Waals surface area contributed by atoms with Gasteiger partial charge in [-0.1, -0.05) is 6.07 Å². The third kappa shape index (κ3) is 5.64. The van der Waals surface area contributed by atoms with E-state index in [4.69, 9.17) is 9.47 Å². The number of hydrogen-bond acceptors (Lipinski definition) is 7. The van der Waals surface area contributed by atoms with Gasteiger partial charge in [0.05, 0.1) is 0 Å². The molecule has 0 saturated carbocycles. The van der Waals surface area contributed by atoms with Crippen molar-refractivity contribution in [2.45, 2.75) is 38.7 Å². The van der Waals surface area contributed by atoms with Crippen LogP contribution in [0.2, 0.25) is 0 Å². The molecule has 0 spiro atoms. The number of nitrogens with zero attached hydrogens (tertiary/aromatic N) is 4. The van der Waals surface area contributed by atoms with Crippen LogP contribution in [0.15, 0.2) is 55.0 Å². The number of ether oxygens (including phenoxy) is 2. The summed E-state index contributed by atoms with van der Waals surface area (Å²) in [6.45, 7) is 5.12. The first-order valence-corrected chi connectivity index (χ1v) is 11.1. The molecule has 0 aliphatic carbocycles. The first-order chi connectivity index (χ1) is 16.0. The normalized spacial score (nSPS) is 15.2. The van der Waals surface area contributed by atoms with Gasteiger partial charge in [-0.25, -0.2) is 9.97 Å². The molecule has 1 aliphatic heterocycles. The molecule has 33 heavy (non-hydrogen) atoms. The number of amides is 1. The standard InChI is InChI=1S/C25H29N5O3/c1-17-4-9-22(28-16-17)29-20-5-7-21(8-6-20)33-24-23(26-12-13-27-24)19-10-14-30(15-11-19)25(31)18(2)32-3/h4-9,12-13,16,18-19H,10-11,14-15H2,1-3H3,(H,28,29)/t18-/m1/s1. The number of carbonyl (C=O) groups is 1. The van der Waals surface area contributed by atoms with E-state index in [1.165, 1.54) is 0 Å². The molecule has 1 N–H and O–H groups in total. The molecule has 172 valence electrons. The monoisotopic (exact) mass is 447 g/mol. The Labute approximate surface area is 194 Å². The number of aryl methyl sites for hydroxylation is 1. The fraction of sp³-hybridized carbons (Fsp3) is 0.360. The summed E-state index contributed by atoms with van der Waals surface area (Å²) >= 11 is 0. The van der Waals surface area contributed by atoms with Crippen LogP contribution < -0.4 is 10.1 Å². The second-order valence-electron chi connectivity index (χ2n) is 8.20. The number of nitrogens with one attached hydrogen (secondary N) is 1. The zero-order valence-corrected chi connectivity index (χ0v) is 19.2. The lowest BCUT2D eigenvalue weighted by atomic mass is 9.93. The summed E-state index contributed by atoms with van der Waals surface area (Å²) in [6, 6.07) is 11.6. The molecule has 1 aliphatic rings. The topological polar surface area (TPSA) is 89.5 Å². The largest absolute Gasteiger partial charge is 0.437 e. The summed E-state index contributed by atoms with van der Waals surface area (Å²) in [7, 11) is 1.56. The van der Waals surface area contributed by atoms with E-state index in [9.17, 15) is 4.79 Å². The van der Waals surface area contributed by atoms with Gasteiger partial charge in [-0.15, -0.1) is 0 Å². The molecule has 1 atom stereocenters. The third-order valence-corrected chi connectivity index (χ3v) is 5.84. The van der Waals surface area contributed by atoms with Gasteiger partial charge in [-0.3, -0.25) is 9.78 Å². The van der Waals surface area contributed by atoms with Gasteiger partial charge < -0.3 is 19.7 Å². The zero-order chi connectivity index (χ0) is 23.2. The fourth-order valence-electron chi connectivity index (χ4n) is 3.83. The van der Waals surface area contributed by atoms with Gasteiger partial charge in [0.25, 0.3) is 5.91 Å². The van der Waals surface area contributed by atoms with E-state index < -0.39 is 6.10 Å². The molecule has 0 bridgehead atoms. The predicted molar refractivity (Wildman–Crippen MR) is 126 cm³/mol. The fourth-order valence-corrected chi connectivity index (χ4v) is 3.83. The highest BCUT2D eigenvalue weighted by Crippen LogP contribution is 2.34. The lowest BCUT2D eigenvalue weighted by Crippen LogP contribution is -2.43. The molecule has 1 amide bonds. The second kappa shape index (κ2) is 10.4. The van der Waals surface area contributed by atoms with Crippen molar-refractivity contribution in [2.24, 2.45) is 0 Å². The lowest BCUT2D eigenvalue weighted by Gasteiger charge is -2.33. The minimum absolute atomic E-state index is 0.0288. The van der Waals surface area contributed by atoms with Gasteiger partial charge >= 0.3 is 0 Å². The van der Waals surface area contributed by atoms with Crippen LogP contribution >= 0.6 is 0 Å². The number of likely N-dealkylation sites (tertiary alicyclic amines) is 1. The maximum absolute atomic E-state index is 12.4. The minimum atomic E-state index is -0.420. The van der Waals surface area contributed by atoms with Crippen molar-refractivity contribution in [3.63, 3.8) is 0 Å². The molecule has 1 aromatic carbocycles. The number of carbonyl (C=O) groups excluding carboxylic acids is 1. The summed E-state index contributed by atoms with van der Waals surface area (Å²) < 4.78 is 11.3. The predicted octanol–water partition coefficient (Wildman–Crippen LogP) is 4.46. The Morgan fingerprint density at radius 3 is 2.45 bits per heavy atom. The Morgan fingerprint density at radius 2 is 1.79 bits per heavy atom. The lowest BCUT2D eigenvalue weighted by molar-refractivity contribution is -0.142. The van der Waals surface area contributed by atoms with E-state index in [1.807, 2.05) is 54.4 Å². The van der Waals surface area contributed by atoms with Gasteiger partial charge in [0.15, 0.2) is 0 Å². The molecule has 8 nitrogen and oxygen atoms in total. The number of aromatic nitrogens is 3. The van der Waals surface area contributed by atoms with Gasteiger partial charge in [-0.05, 0) is 62.6 Å². The number of methoxy groups -OCH3 is 1. The first kappa shape index (κ1) is 22.7. The minimum Gasteiger partial charge on any atom is -0.437 e. The van der Waals surface area contributed by atoms with Crippen LogP contribution in [0, 0.1) is 6.92 Å². The molecule has 2 aromatic heterocycles. The Kier molecular flexibility index (Phi) is 7.14. The number of piperidine rings is 1. The molecular weight excluding hydrogens is 418 g/mol. The van der Waals surface area contributed by atoms with Crippen LogP contribution in [0.3, 0.4) is 0 Å². The van der Waals surface area contributed by atoms with E-state index in [-0.39, 0.29) is 11.8 Å². The van der Waals surface area contributed by atoms with Crippen molar-refractivity contribution in [1.29, 1.82) is 0 Å². The van der Waals surface area contributed by atoms with Crippen molar-refractivity contribution in [3.05, 3.63) is 66.2 Å². The molecular formula is C25H29N5O3. The SMILES string of the molecule is CO[C@H](C)C(=O)N1CCC(c2nccnc2Oc2ccc(Nc3ccc(C)cn3)cc2)CC1. The van der Waals surface area contributed by atoms with Crippen molar-refractivity contribution >= 4 is 17.4 Å². The summed E-state index contributed by atoms with van der Waals surface area (Å²) in [4.78, 5) is 27.6. The van der Waals surface area contributed by atoms with Gasteiger partial charge in [0, 0.05) is 50.4 Å². The number of benzene rings is 1. The summed E-state index contributed by atoms with van der Waals surface area (Å²) in [5.74, 6) is 2.19. The summed E-state index contributed by atoms with van der Waals surface area (Å²) in [6.07, 6.45) is 6.35. The molecule has 4 rings (SSSR count). The highest BCUT2D eigenvalue weighted by atomic mass is 16.5. The molecule has 1 fully saturated rings. The van der Waals surface area contributed by atoms with Crippen molar-refractivity contribution in [2.75, 3.05) is 25.5 Å². The molecule has 8 heteroatoms. The van der Waals surface area contributed by atoms with Crippen molar-refractivity contribution in [3.8, 4) is 11.6 Å². The Balaban J connectivity index is 1.40. The maximum atomic E-state index is 12.4. The van der Waals surface area contributed by atoms with Crippen LogP contribution in [0.4, 0.5) is 11.5 Å². The smallest absolute Gasteiger partial charge is 0.251 e. The van der Waals surface area contributed by atoms with E-state index in [0.717, 1.165) is 35.6 Å². The third-order valence-electron chi connectivity index (χ3n) is 5.84. The molecule has 0 radical (unpaired) electrons. The highest BCUT2D eigenvalue weighted by molar-refractivity contribution is 5.80. The average molecular weight is 448 g/mol. The second-order valence-corrected chi connectivity index (χ2v) is 8.20. The Bertz CT molecular complexity index is 1060. The summed E-state index contributed by atoms with van der Waals surface area (Å²) in [5, 5.41) is 3.27. The van der Waals surface area contributed by atoms with Crippen LogP contribution in [-0.2, 0) is 9.53 Å². The van der Waals surface area contributed by atoms with Gasteiger partial charge in [0.2, 0.25) is 5.88 Å². The highest BCUT2D eigenvalue weighted by Gasteiger charge is 2.29. The number of rotatable bonds is 7. The molecule has 1 saturated heterocycles. The van der Waals surface area contributed by atoms with E-state index in [2.05, 4.69) is 20.3 Å². The molecule has 3 heterocycles. The van der Waals surface area contributed by atoms with Crippen LogP contribution in [-0.4, -0.2) is 52.1 Å². The van der Waals surface area contributed by atoms with Crippen LogP contribution in [0.5, 0.6) is 11.6 Å². The van der Waals surface area contributed by atoms with Gasteiger partial charge in [-0.2, -0.15) is 0 Å².